The van der Waals surface area contributed by atoms with Gasteiger partial charge in [-0.3, -0.25) is 0 Å². The van der Waals surface area contributed by atoms with E-state index in [4.69, 9.17) is 11.6 Å². The van der Waals surface area contributed by atoms with Gasteiger partial charge in [0.05, 0.1) is 5.02 Å². The molecular weight excluding hydrogens is 177 g/mol. The molecule has 1 aliphatic rings. The number of anilines is 1. The molecule has 0 radical (unpaired) electrons. The fraction of sp³-hybridized carbons (Fsp3) is 0.333. The number of halogens is 2. The first-order chi connectivity index (χ1) is 5.75. The van der Waals surface area contributed by atoms with E-state index in [1.165, 1.54) is 18.9 Å². The Balaban J connectivity index is 2.15. The third-order valence-corrected chi connectivity index (χ3v) is 2.16. The van der Waals surface area contributed by atoms with Crippen LogP contribution in [0, 0.1) is 5.82 Å². The summed E-state index contributed by atoms with van der Waals surface area (Å²) in [6, 6.07) is 5.29. The summed E-state index contributed by atoms with van der Waals surface area (Å²) in [6.45, 7) is 0. The summed E-state index contributed by atoms with van der Waals surface area (Å²) >= 11 is 5.60. The molecular formula is C9H9ClFN. The van der Waals surface area contributed by atoms with Gasteiger partial charge in [0, 0.05) is 11.7 Å². The van der Waals surface area contributed by atoms with Gasteiger partial charge >= 0.3 is 0 Å². The Hall–Kier alpha value is -0.760. The lowest BCUT2D eigenvalue weighted by molar-refractivity contribution is 0.628. The lowest BCUT2D eigenvalue weighted by Crippen LogP contribution is -2.00. The normalized spacial score (nSPS) is 16.2. The van der Waals surface area contributed by atoms with Crippen molar-refractivity contribution in [1.82, 2.24) is 0 Å². The van der Waals surface area contributed by atoms with Crippen LogP contribution in [0.1, 0.15) is 12.8 Å². The zero-order valence-electron chi connectivity index (χ0n) is 6.48. The van der Waals surface area contributed by atoms with Crippen LogP contribution >= 0.6 is 11.6 Å². The zero-order chi connectivity index (χ0) is 8.55. The Labute approximate surface area is 75.5 Å². The van der Waals surface area contributed by atoms with Crippen molar-refractivity contribution in [2.24, 2.45) is 0 Å². The molecule has 1 N–H and O–H groups in total. The van der Waals surface area contributed by atoms with Crippen molar-refractivity contribution in [3.8, 4) is 0 Å². The second kappa shape index (κ2) is 2.94. The highest BCUT2D eigenvalue weighted by Gasteiger charge is 2.20. The van der Waals surface area contributed by atoms with Crippen molar-refractivity contribution < 1.29 is 4.39 Å². The van der Waals surface area contributed by atoms with Crippen molar-refractivity contribution in [1.29, 1.82) is 0 Å². The van der Waals surface area contributed by atoms with Crippen molar-refractivity contribution in [2.45, 2.75) is 18.9 Å². The van der Waals surface area contributed by atoms with Gasteiger partial charge in [0.15, 0.2) is 0 Å². The number of hydrogen-bond acceptors (Lipinski definition) is 1. The van der Waals surface area contributed by atoms with E-state index in [2.05, 4.69) is 5.32 Å². The molecule has 1 aliphatic carbocycles. The quantitative estimate of drug-likeness (QED) is 0.747. The maximum atomic E-state index is 12.7. The van der Waals surface area contributed by atoms with Gasteiger partial charge in [-0.25, -0.2) is 4.39 Å². The third-order valence-electron chi connectivity index (χ3n) is 1.87. The lowest BCUT2D eigenvalue weighted by atomic mass is 10.3. The highest BCUT2D eigenvalue weighted by Crippen LogP contribution is 2.26. The van der Waals surface area contributed by atoms with Crippen LogP contribution in [0.5, 0.6) is 0 Å². The molecule has 1 nitrogen and oxygen atoms in total. The van der Waals surface area contributed by atoms with E-state index < -0.39 is 0 Å². The molecule has 0 spiro atoms. The predicted octanol–water partition coefficient (Wildman–Crippen LogP) is 3.05. The second-order valence-electron chi connectivity index (χ2n) is 3.05. The summed E-state index contributed by atoms with van der Waals surface area (Å²) in [5, 5.41) is 3.41. The molecule has 64 valence electrons. The molecule has 0 aromatic heterocycles. The average molecular weight is 186 g/mol. The number of rotatable bonds is 2. The topological polar surface area (TPSA) is 12.0 Å². The number of nitrogens with one attached hydrogen (secondary N) is 1. The van der Waals surface area contributed by atoms with Gasteiger partial charge in [-0.1, -0.05) is 11.6 Å². The van der Waals surface area contributed by atoms with Gasteiger partial charge < -0.3 is 5.32 Å². The van der Waals surface area contributed by atoms with Crippen LogP contribution in [0.15, 0.2) is 18.2 Å². The molecule has 3 heteroatoms. The fourth-order valence-corrected chi connectivity index (χ4v) is 1.23. The number of hydrogen-bond donors (Lipinski definition) is 1. The van der Waals surface area contributed by atoms with Crippen molar-refractivity contribution in [2.75, 3.05) is 5.32 Å². The van der Waals surface area contributed by atoms with E-state index in [1.807, 2.05) is 0 Å². The van der Waals surface area contributed by atoms with E-state index in [9.17, 15) is 4.39 Å². The minimum Gasteiger partial charge on any atom is -0.382 e. The van der Waals surface area contributed by atoms with E-state index in [-0.39, 0.29) is 10.8 Å². The van der Waals surface area contributed by atoms with Crippen LogP contribution in [0.25, 0.3) is 0 Å². The monoisotopic (exact) mass is 185 g/mol. The Kier molecular flexibility index (Phi) is 1.93. The molecule has 1 aromatic carbocycles. The van der Waals surface area contributed by atoms with Crippen LogP contribution in [0.3, 0.4) is 0 Å². The first kappa shape index (κ1) is 7.87. The largest absolute Gasteiger partial charge is 0.382 e. The lowest BCUT2D eigenvalue weighted by Gasteiger charge is -2.04. The smallest absolute Gasteiger partial charge is 0.141 e. The Bertz CT molecular complexity index is 297. The highest BCUT2D eigenvalue weighted by atomic mass is 35.5. The van der Waals surface area contributed by atoms with E-state index >= 15 is 0 Å². The first-order valence-electron chi connectivity index (χ1n) is 3.97. The average Bonchev–Trinajstić information content (AvgIpc) is 2.81. The third kappa shape index (κ3) is 1.69. The molecule has 0 bridgehead atoms. The minimum absolute atomic E-state index is 0.181. The molecule has 1 fully saturated rings. The molecule has 0 unspecified atom stereocenters. The molecule has 12 heavy (non-hydrogen) atoms. The van der Waals surface area contributed by atoms with Gasteiger partial charge in [-0.05, 0) is 31.0 Å². The SMILES string of the molecule is Fc1ccc(NC2CC2)cc1Cl. The summed E-state index contributed by atoms with van der Waals surface area (Å²) in [7, 11) is 0. The van der Waals surface area contributed by atoms with Crippen LogP contribution in [-0.4, -0.2) is 6.04 Å². The van der Waals surface area contributed by atoms with Gasteiger partial charge in [0.25, 0.3) is 0 Å². The number of benzene rings is 1. The molecule has 0 heterocycles. The van der Waals surface area contributed by atoms with E-state index in [0.717, 1.165) is 5.69 Å². The summed E-state index contributed by atoms with van der Waals surface area (Å²) in [6.07, 6.45) is 2.41. The van der Waals surface area contributed by atoms with E-state index in [1.54, 1.807) is 12.1 Å². The van der Waals surface area contributed by atoms with Crippen LogP contribution in [-0.2, 0) is 0 Å². The summed E-state index contributed by atoms with van der Waals surface area (Å²) in [4.78, 5) is 0. The highest BCUT2D eigenvalue weighted by molar-refractivity contribution is 6.31. The fourth-order valence-electron chi connectivity index (χ4n) is 1.05. The molecule has 0 amide bonds. The molecule has 0 atom stereocenters. The van der Waals surface area contributed by atoms with Crippen LogP contribution in [0.2, 0.25) is 5.02 Å². The van der Waals surface area contributed by atoms with Gasteiger partial charge in [0.1, 0.15) is 5.82 Å². The van der Waals surface area contributed by atoms with Gasteiger partial charge in [-0.15, -0.1) is 0 Å². The molecule has 0 saturated heterocycles. The Morgan fingerprint density at radius 1 is 1.42 bits per heavy atom. The van der Waals surface area contributed by atoms with Gasteiger partial charge in [-0.2, -0.15) is 0 Å². The zero-order valence-corrected chi connectivity index (χ0v) is 7.24. The minimum atomic E-state index is -0.363. The summed E-state index contributed by atoms with van der Waals surface area (Å²) in [5.41, 5.74) is 0.906. The summed E-state index contributed by atoms with van der Waals surface area (Å²) in [5.74, 6) is -0.363. The van der Waals surface area contributed by atoms with Crippen LogP contribution in [0.4, 0.5) is 10.1 Å². The maximum absolute atomic E-state index is 12.7. The van der Waals surface area contributed by atoms with E-state index in [0.29, 0.717) is 6.04 Å². The standard InChI is InChI=1S/C9H9ClFN/c10-8-5-7(3-4-9(8)11)12-6-1-2-6/h3-6,12H,1-2H2. The van der Waals surface area contributed by atoms with Gasteiger partial charge in [0.2, 0.25) is 0 Å². The first-order valence-corrected chi connectivity index (χ1v) is 4.35. The predicted molar refractivity (Wildman–Crippen MR) is 48.1 cm³/mol. The molecule has 1 saturated carbocycles. The van der Waals surface area contributed by atoms with Crippen molar-refractivity contribution in [3.05, 3.63) is 29.0 Å². The van der Waals surface area contributed by atoms with Crippen molar-refractivity contribution in [3.63, 3.8) is 0 Å². The second-order valence-corrected chi connectivity index (χ2v) is 3.45. The molecule has 1 aromatic rings. The Morgan fingerprint density at radius 3 is 2.75 bits per heavy atom. The van der Waals surface area contributed by atoms with Crippen molar-refractivity contribution >= 4 is 17.3 Å². The molecule has 2 rings (SSSR count). The molecule has 0 aliphatic heterocycles. The maximum Gasteiger partial charge on any atom is 0.141 e. The Morgan fingerprint density at radius 2 is 2.17 bits per heavy atom. The summed E-state index contributed by atoms with van der Waals surface area (Å²) < 4.78 is 12.7. The van der Waals surface area contributed by atoms with Crippen LogP contribution < -0.4 is 5.32 Å².